The van der Waals surface area contributed by atoms with Crippen molar-refractivity contribution in [2.75, 3.05) is 19.8 Å². The van der Waals surface area contributed by atoms with Gasteiger partial charge in [0, 0.05) is 30.6 Å². The molecule has 1 aliphatic rings. The summed E-state index contributed by atoms with van der Waals surface area (Å²) in [6.45, 7) is 1.94. The normalized spacial score (nSPS) is 15.9. The van der Waals surface area contributed by atoms with Crippen LogP contribution in [0.2, 0.25) is 0 Å². The van der Waals surface area contributed by atoms with Crippen LogP contribution in [0.25, 0.3) is 0 Å². The fraction of sp³-hybridized carbons (Fsp3) is 0.320. The number of hydrogen-bond donors (Lipinski definition) is 1. The van der Waals surface area contributed by atoms with Gasteiger partial charge < -0.3 is 10.1 Å². The van der Waals surface area contributed by atoms with E-state index in [1.54, 1.807) is 11.3 Å². The molecule has 0 spiro atoms. The summed E-state index contributed by atoms with van der Waals surface area (Å²) < 4.78 is 5.56. The molecule has 1 aliphatic heterocycles. The van der Waals surface area contributed by atoms with Gasteiger partial charge in [-0.05, 0) is 41.8 Å². The first-order valence-corrected chi connectivity index (χ1v) is 11.2. The van der Waals surface area contributed by atoms with Crippen molar-refractivity contribution in [3.05, 3.63) is 94.2 Å². The molecule has 0 saturated carbocycles. The quantitative estimate of drug-likeness (QED) is 0.591. The summed E-state index contributed by atoms with van der Waals surface area (Å²) in [6, 6.07) is 25.2. The Hall–Kier alpha value is -2.43. The average Bonchev–Trinajstić information content (AvgIpc) is 3.34. The van der Waals surface area contributed by atoms with Crippen LogP contribution in [0.3, 0.4) is 0 Å². The van der Waals surface area contributed by atoms with Gasteiger partial charge in [0.15, 0.2) is 0 Å². The second-order valence-corrected chi connectivity index (χ2v) is 8.54. The van der Waals surface area contributed by atoms with Crippen LogP contribution in [-0.4, -0.2) is 25.7 Å². The van der Waals surface area contributed by atoms with Crippen LogP contribution in [0, 0.1) is 0 Å². The molecule has 3 nitrogen and oxygen atoms in total. The first-order valence-electron chi connectivity index (χ1n) is 10.3. The summed E-state index contributed by atoms with van der Waals surface area (Å²) in [6.07, 6.45) is 2.37. The molecule has 1 amide bonds. The van der Waals surface area contributed by atoms with E-state index < -0.39 is 5.41 Å². The molecule has 2 aromatic carbocycles. The number of thiophene rings is 1. The Balaban J connectivity index is 1.47. The van der Waals surface area contributed by atoms with Gasteiger partial charge in [-0.3, -0.25) is 4.79 Å². The molecule has 1 saturated heterocycles. The number of benzene rings is 2. The number of carbonyl (C=O) groups excluding carboxylic acids is 1. The Morgan fingerprint density at radius 3 is 2.10 bits per heavy atom. The van der Waals surface area contributed by atoms with E-state index >= 15 is 0 Å². The molecule has 0 atom stereocenters. The van der Waals surface area contributed by atoms with E-state index in [0.29, 0.717) is 19.8 Å². The summed E-state index contributed by atoms with van der Waals surface area (Å²) in [5.74, 6) is 0.410. The molecule has 4 heteroatoms. The van der Waals surface area contributed by atoms with Crippen LogP contribution in [0.1, 0.15) is 41.2 Å². The Bertz CT molecular complexity index is 848. The maximum atomic E-state index is 13.3. The third-order valence-corrected chi connectivity index (χ3v) is 6.97. The minimum absolute atomic E-state index is 0.142. The van der Waals surface area contributed by atoms with E-state index in [1.165, 1.54) is 11.1 Å². The van der Waals surface area contributed by atoms with Gasteiger partial charge in [0.05, 0.1) is 5.41 Å². The Morgan fingerprint density at radius 1 is 0.931 bits per heavy atom. The largest absolute Gasteiger partial charge is 0.381 e. The third kappa shape index (κ3) is 4.44. The molecular weight excluding hydrogens is 378 g/mol. The zero-order valence-electron chi connectivity index (χ0n) is 16.6. The van der Waals surface area contributed by atoms with Crippen LogP contribution in [-0.2, 0) is 14.9 Å². The lowest BCUT2D eigenvalue weighted by Gasteiger charge is -2.35. The number of ether oxygens (including phenoxy) is 1. The van der Waals surface area contributed by atoms with E-state index in [4.69, 9.17) is 4.74 Å². The zero-order chi connectivity index (χ0) is 19.9. The van der Waals surface area contributed by atoms with Gasteiger partial charge in [0.1, 0.15) is 0 Å². The van der Waals surface area contributed by atoms with Crippen LogP contribution >= 0.6 is 11.3 Å². The molecule has 29 heavy (non-hydrogen) atoms. The number of hydrogen-bond acceptors (Lipinski definition) is 3. The maximum absolute atomic E-state index is 13.3. The van der Waals surface area contributed by atoms with Crippen LogP contribution in [0.4, 0.5) is 0 Å². The highest BCUT2D eigenvalue weighted by atomic mass is 32.1. The molecule has 4 rings (SSSR count). The van der Waals surface area contributed by atoms with E-state index in [2.05, 4.69) is 65.3 Å². The number of carbonyl (C=O) groups is 1. The first kappa shape index (κ1) is 19.9. The van der Waals surface area contributed by atoms with Crippen molar-refractivity contribution in [2.45, 2.75) is 30.6 Å². The summed E-state index contributed by atoms with van der Waals surface area (Å²) in [7, 11) is 0. The zero-order valence-corrected chi connectivity index (χ0v) is 17.4. The monoisotopic (exact) mass is 405 g/mol. The summed E-state index contributed by atoms with van der Waals surface area (Å²) >= 11 is 1.67. The average molecular weight is 406 g/mol. The predicted molar refractivity (Wildman–Crippen MR) is 118 cm³/mol. The molecule has 150 valence electrons. The van der Waals surface area contributed by atoms with E-state index in [9.17, 15) is 4.79 Å². The van der Waals surface area contributed by atoms with Crippen molar-refractivity contribution < 1.29 is 9.53 Å². The molecule has 1 aromatic heterocycles. The smallest absolute Gasteiger partial charge is 0.231 e. The fourth-order valence-electron chi connectivity index (χ4n) is 4.25. The van der Waals surface area contributed by atoms with Crippen molar-refractivity contribution in [3.8, 4) is 0 Å². The van der Waals surface area contributed by atoms with Crippen molar-refractivity contribution in [1.29, 1.82) is 0 Å². The number of rotatable bonds is 7. The number of nitrogens with one attached hydrogen (secondary N) is 1. The van der Waals surface area contributed by atoms with Crippen molar-refractivity contribution >= 4 is 17.2 Å². The van der Waals surface area contributed by atoms with Gasteiger partial charge in [-0.1, -0.05) is 66.7 Å². The van der Waals surface area contributed by atoms with Crippen LogP contribution in [0.15, 0.2) is 78.2 Å². The summed E-state index contributed by atoms with van der Waals surface area (Å²) in [5.41, 5.74) is 2.13. The first-order chi connectivity index (χ1) is 14.3. The number of amides is 1. The van der Waals surface area contributed by atoms with Gasteiger partial charge >= 0.3 is 0 Å². The molecule has 2 heterocycles. The van der Waals surface area contributed by atoms with Crippen LogP contribution < -0.4 is 5.32 Å². The van der Waals surface area contributed by atoms with Gasteiger partial charge in [-0.25, -0.2) is 0 Å². The molecule has 0 unspecified atom stereocenters. The second kappa shape index (κ2) is 9.38. The SMILES string of the molecule is O=C(NCCC(c1ccccc1)c1ccccc1)C1(c2cccs2)CCOCC1. The summed E-state index contributed by atoms with van der Waals surface area (Å²) in [4.78, 5) is 14.5. The lowest BCUT2D eigenvalue weighted by Crippen LogP contribution is -2.48. The summed E-state index contributed by atoms with van der Waals surface area (Å²) in [5, 5.41) is 5.32. The van der Waals surface area contributed by atoms with E-state index in [0.717, 1.165) is 24.1 Å². The molecule has 1 N–H and O–H groups in total. The standard InChI is InChI=1S/C25H27NO2S/c27-24(25(14-17-28-18-15-25)23-12-7-19-29-23)26-16-13-22(20-8-3-1-4-9-20)21-10-5-2-6-11-21/h1-12,19,22H,13-18H2,(H,26,27). The molecule has 0 aliphatic carbocycles. The highest BCUT2D eigenvalue weighted by Gasteiger charge is 2.42. The molecular formula is C25H27NO2S. The van der Waals surface area contributed by atoms with Crippen molar-refractivity contribution in [2.24, 2.45) is 0 Å². The molecule has 3 aromatic rings. The van der Waals surface area contributed by atoms with E-state index in [-0.39, 0.29) is 11.8 Å². The molecule has 1 fully saturated rings. The third-order valence-electron chi connectivity index (χ3n) is 5.90. The van der Waals surface area contributed by atoms with Gasteiger partial charge in [0.2, 0.25) is 5.91 Å². The fourth-order valence-corrected chi connectivity index (χ4v) is 5.24. The van der Waals surface area contributed by atoms with Gasteiger partial charge in [0.25, 0.3) is 0 Å². The molecule has 0 radical (unpaired) electrons. The van der Waals surface area contributed by atoms with E-state index in [1.807, 2.05) is 18.2 Å². The Kier molecular flexibility index (Phi) is 6.43. The lowest BCUT2D eigenvalue weighted by molar-refractivity contribution is -0.130. The van der Waals surface area contributed by atoms with Crippen molar-refractivity contribution in [1.82, 2.24) is 5.32 Å². The Labute approximate surface area is 176 Å². The second-order valence-electron chi connectivity index (χ2n) is 7.59. The Morgan fingerprint density at radius 2 is 1.55 bits per heavy atom. The predicted octanol–water partition coefficient (Wildman–Crippen LogP) is 5.13. The van der Waals surface area contributed by atoms with Crippen molar-refractivity contribution in [3.63, 3.8) is 0 Å². The van der Waals surface area contributed by atoms with Gasteiger partial charge in [-0.15, -0.1) is 11.3 Å². The minimum Gasteiger partial charge on any atom is -0.381 e. The highest BCUT2D eigenvalue weighted by molar-refractivity contribution is 7.10. The van der Waals surface area contributed by atoms with Gasteiger partial charge in [-0.2, -0.15) is 0 Å². The maximum Gasteiger partial charge on any atom is 0.231 e. The lowest BCUT2D eigenvalue weighted by atomic mass is 9.77. The topological polar surface area (TPSA) is 38.3 Å². The minimum atomic E-state index is -0.443. The van der Waals surface area contributed by atoms with Crippen LogP contribution in [0.5, 0.6) is 0 Å². The highest BCUT2D eigenvalue weighted by Crippen LogP contribution is 2.38. The molecule has 0 bridgehead atoms.